The van der Waals surface area contributed by atoms with Gasteiger partial charge in [0.2, 0.25) is 0 Å². The Balaban J connectivity index is 1.97. The van der Waals surface area contributed by atoms with Crippen molar-refractivity contribution in [3.8, 4) is 0 Å². The van der Waals surface area contributed by atoms with E-state index in [1.54, 1.807) is 0 Å². The van der Waals surface area contributed by atoms with Gasteiger partial charge < -0.3 is 5.32 Å². The summed E-state index contributed by atoms with van der Waals surface area (Å²) in [6, 6.07) is 8.35. The molecule has 68 valence electrons. The number of hydrogen-bond donors (Lipinski definition) is 1. The van der Waals surface area contributed by atoms with E-state index in [0.29, 0.717) is 5.41 Å². The van der Waals surface area contributed by atoms with E-state index in [2.05, 4.69) is 17.4 Å². The summed E-state index contributed by atoms with van der Waals surface area (Å²) >= 11 is 5.86. The van der Waals surface area contributed by atoms with Crippen LogP contribution in [0.5, 0.6) is 0 Å². The molecular formula is C11H12ClN. The van der Waals surface area contributed by atoms with Gasteiger partial charge in [0, 0.05) is 17.0 Å². The van der Waals surface area contributed by atoms with E-state index in [-0.39, 0.29) is 0 Å². The summed E-state index contributed by atoms with van der Waals surface area (Å²) in [5.41, 5.74) is 1.94. The van der Waals surface area contributed by atoms with Gasteiger partial charge in [-0.1, -0.05) is 23.7 Å². The second-order valence-electron chi connectivity index (χ2n) is 4.19. The fraction of sp³-hybridized carbons (Fsp3) is 0.455. The van der Waals surface area contributed by atoms with E-state index in [9.17, 15) is 0 Å². The minimum absolute atomic E-state index is 0.477. The minimum atomic E-state index is 0.477. The Kier molecular flexibility index (Phi) is 1.50. The third-order valence-electron chi connectivity index (χ3n) is 3.48. The minimum Gasteiger partial charge on any atom is -0.316 e. The summed E-state index contributed by atoms with van der Waals surface area (Å²) in [7, 11) is 0. The summed E-state index contributed by atoms with van der Waals surface area (Å²) in [5, 5.41) is 4.28. The summed E-state index contributed by atoms with van der Waals surface area (Å²) in [5.74, 6) is 0.883. The third-order valence-corrected chi connectivity index (χ3v) is 3.73. The zero-order valence-corrected chi connectivity index (χ0v) is 8.14. The number of hydrogen-bond acceptors (Lipinski definition) is 1. The highest BCUT2D eigenvalue weighted by molar-refractivity contribution is 6.30. The van der Waals surface area contributed by atoms with Crippen LogP contribution in [0.2, 0.25) is 5.02 Å². The number of piperidine rings is 1. The third kappa shape index (κ3) is 1.04. The van der Waals surface area contributed by atoms with Gasteiger partial charge in [0.1, 0.15) is 0 Å². The van der Waals surface area contributed by atoms with Gasteiger partial charge in [-0.25, -0.2) is 0 Å². The molecule has 0 bridgehead atoms. The van der Waals surface area contributed by atoms with Gasteiger partial charge in [0.05, 0.1) is 0 Å². The largest absolute Gasteiger partial charge is 0.316 e. The molecule has 2 aliphatic rings. The lowest BCUT2D eigenvalue weighted by Gasteiger charge is -2.11. The smallest absolute Gasteiger partial charge is 0.0406 e. The molecule has 2 unspecified atom stereocenters. The van der Waals surface area contributed by atoms with Crippen LogP contribution in [0.3, 0.4) is 0 Å². The zero-order chi connectivity index (χ0) is 8.89. The van der Waals surface area contributed by atoms with Crippen LogP contribution in [0.4, 0.5) is 0 Å². The van der Waals surface area contributed by atoms with Crippen LogP contribution in [-0.2, 0) is 5.41 Å². The van der Waals surface area contributed by atoms with Crippen LogP contribution in [0.15, 0.2) is 24.3 Å². The Morgan fingerprint density at radius 2 is 2.08 bits per heavy atom. The molecule has 13 heavy (non-hydrogen) atoms. The van der Waals surface area contributed by atoms with Gasteiger partial charge in [-0.05, 0) is 36.6 Å². The van der Waals surface area contributed by atoms with E-state index < -0.39 is 0 Å². The Labute approximate surface area is 83.1 Å². The summed E-state index contributed by atoms with van der Waals surface area (Å²) in [6.45, 7) is 2.35. The molecule has 0 spiro atoms. The first-order valence-corrected chi connectivity index (χ1v) is 5.16. The van der Waals surface area contributed by atoms with Crippen molar-refractivity contribution < 1.29 is 0 Å². The summed E-state index contributed by atoms with van der Waals surface area (Å²) in [6.07, 6.45) is 1.36. The maximum absolute atomic E-state index is 5.86. The maximum atomic E-state index is 5.86. The second kappa shape index (κ2) is 2.49. The number of halogens is 1. The maximum Gasteiger partial charge on any atom is 0.0406 e. The van der Waals surface area contributed by atoms with E-state index >= 15 is 0 Å². The fourth-order valence-corrected chi connectivity index (χ4v) is 2.70. The fourth-order valence-electron chi connectivity index (χ4n) is 2.57. The molecule has 2 atom stereocenters. The molecule has 1 aliphatic heterocycles. The average Bonchev–Trinajstić information content (AvgIpc) is 2.71. The quantitative estimate of drug-likeness (QED) is 0.721. The SMILES string of the molecule is Clc1ccc(C23CNCC2C3)cc1. The first-order chi connectivity index (χ1) is 6.31. The lowest BCUT2D eigenvalue weighted by molar-refractivity contribution is 0.676. The lowest BCUT2D eigenvalue weighted by atomic mass is 9.95. The molecule has 0 amide bonds. The Bertz CT molecular complexity index is 332. The lowest BCUT2D eigenvalue weighted by Crippen LogP contribution is -2.18. The molecule has 1 saturated heterocycles. The Hall–Kier alpha value is -0.530. The standard InChI is InChI=1S/C11H12ClN/c12-10-3-1-8(2-4-10)11-5-9(11)6-13-7-11/h1-4,9,13H,5-7H2. The van der Waals surface area contributed by atoms with Crippen molar-refractivity contribution in [3.05, 3.63) is 34.9 Å². The number of nitrogens with one attached hydrogen (secondary N) is 1. The van der Waals surface area contributed by atoms with Crippen LogP contribution in [-0.4, -0.2) is 13.1 Å². The first-order valence-electron chi connectivity index (χ1n) is 4.78. The highest BCUT2D eigenvalue weighted by Crippen LogP contribution is 2.56. The normalized spacial score (nSPS) is 35.9. The molecule has 2 fully saturated rings. The molecule has 1 N–H and O–H groups in total. The van der Waals surface area contributed by atoms with Gasteiger partial charge in [-0.2, -0.15) is 0 Å². The Morgan fingerprint density at radius 1 is 1.31 bits per heavy atom. The molecular weight excluding hydrogens is 182 g/mol. The predicted molar refractivity (Wildman–Crippen MR) is 54.1 cm³/mol. The van der Waals surface area contributed by atoms with Crippen LogP contribution in [0.1, 0.15) is 12.0 Å². The van der Waals surface area contributed by atoms with Crippen molar-refractivity contribution in [2.45, 2.75) is 11.8 Å². The second-order valence-corrected chi connectivity index (χ2v) is 4.63. The zero-order valence-electron chi connectivity index (χ0n) is 7.39. The van der Waals surface area contributed by atoms with Crippen molar-refractivity contribution in [1.82, 2.24) is 5.32 Å². The highest BCUT2D eigenvalue weighted by Gasteiger charge is 2.57. The first kappa shape index (κ1) is 7.84. The molecule has 2 heteroatoms. The summed E-state index contributed by atoms with van der Waals surface area (Å²) in [4.78, 5) is 0. The molecule has 0 aromatic heterocycles. The summed E-state index contributed by atoms with van der Waals surface area (Å²) < 4.78 is 0. The predicted octanol–water partition coefficient (Wildman–Crippen LogP) is 2.20. The number of benzene rings is 1. The van der Waals surface area contributed by atoms with Crippen molar-refractivity contribution in [2.75, 3.05) is 13.1 Å². The van der Waals surface area contributed by atoms with Gasteiger partial charge >= 0.3 is 0 Å². The molecule has 1 aromatic carbocycles. The van der Waals surface area contributed by atoms with Crippen molar-refractivity contribution in [2.24, 2.45) is 5.92 Å². The van der Waals surface area contributed by atoms with Crippen molar-refractivity contribution >= 4 is 11.6 Å². The molecule has 3 rings (SSSR count). The Morgan fingerprint density at radius 3 is 2.62 bits per heavy atom. The van der Waals surface area contributed by atoms with Crippen LogP contribution < -0.4 is 5.32 Å². The topological polar surface area (TPSA) is 12.0 Å². The van der Waals surface area contributed by atoms with E-state index in [1.165, 1.54) is 18.5 Å². The highest BCUT2D eigenvalue weighted by atomic mass is 35.5. The van der Waals surface area contributed by atoms with Crippen molar-refractivity contribution in [3.63, 3.8) is 0 Å². The van der Waals surface area contributed by atoms with Crippen LogP contribution in [0, 0.1) is 5.92 Å². The molecule has 0 radical (unpaired) electrons. The average molecular weight is 194 g/mol. The van der Waals surface area contributed by atoms with Gasteiger partial charge in [-0.15, -0.1) is 0 Å². The number of fused-ring (bicyclic) bond motifs is 1. The monoisotopic (exact) mass is 193 g/mol. The van der Waals surface area contributed by atoms with E-state index in [0.717, 1.165) is 17.5 Å². The van der Waals surface area contributed by atoms with Gasteiger partial charge in [0.15, 0.2) is 0 Å². The van der Waals surface area contributed by atoms with Gasteiger partial charge in [-0.3, -0.25) is 0 Å². The molecule has 1 aromatic rings. The molecule has 1 nitrogen and oxygen atoms in total. The van der Waals surface area contributed by atoms with E-state index in [1.807, 2.05) is 12.1 Å². The molecule has 1 heterocycles. The number of rotatable bonds is 1. The van der Waals surface area contributed by atoms with Crippen LogP contribution >= 0.6 is 11.6 Å². The van der Waals surface area contributed by atoms with Crippen LogP contribution in [0.25, 0.3) is 0 Å². The van der Waals surface area contributed by atoms with E-state index in [4.69, 9.17) is 11.6 Å². The molecule has 1 saturated carbocycles. The van der Waals surface area contributed by atoms with Gasteiger partial charge in [0.25, 0.3) is 0 Å². The van der Waals surface area contributed by atoms with Crippen molar-refractivity contribution in [1.29, 1.82) is 0 Å². The molecule has 1 aliphatic carbocycles.